The van der Waals surface area contributed by atoms with Crippen LogP contribution in [0.1, 0.15) is 24.2 Å². The van der Waals surface area contributed by atoms with Crippen molar-refractivity contribution in [1.29, 1.82) is 0 Å². The standard InChI is InChI=1S/C18H25N5O2/c1-12(2)14-10-22(11-15(14)20-18(25)21(3)4)17(24)13-9-19-23-8-6-5-7-16(13)23/h5-9,12,14-15H,10-11H2,1-4H3,(H,20,25). The van der Waals surface area contributed by atoms with E-state index >= 15 is 0 Å². The Hall–Kier alpha value is -2.57. The molecular weight excluding hydrogens is 318 g/mol. The molecule has 2 aromatic rings. The molecule has 2 unspecified atom stereocenters. The SMILES string of the molecule is CC(C)C1CN(C(=O)c2cnn3ccccc23)CC1NC(=O)N(C)C. The van der Waals surface area contributed by atoms with Gasteiger partial charge in [-0.25, -0.2) is 9.31 Å². The van der Waals surface area contributed by atoms with E-state index in [1.54, 1.807) is 24.8 Å². The Kier molecular flexibility index (Phi) is 4.65. The van der Waals surface area contributed by atoms with E-state index in [-0.39, 0.29) is 23.9 Å². The first-order valence-electron chi connectivity index (χ1n) is 8.58. The third-order valence-electron chi connectivity index (χ3n) is 4.88. The average Bonchev–Trinajstić information content (AvgIpc) is 3.18. The number of pyridine rings is 1. The fourth-order valence-electron chi connectivity index (χ4n) is 3.38. The Morgan fingerprint density at radius 1 is 1.28 bits per heavy atom. The van der Waals surface area contributed by atoms with Crippen molar-refractivity contribution in [3.8, 4) is 0 Å². The van der Waals surface area contributed by atoms with Crippen LogP contribution in [-0.4, -0.2) is 64.6 Å². The molecule has 3 amide bonds. The van der Waals surface area contributed by atoms with Crippen LogP contribution in [0.3, 0.4) is 0 Å². The van der Waals surface area contributed by atoms with Crippen LogP contribution >= 0.6 is 0 Å². The molecular formula is C18H25N5O2. The van der Waals surface area contributed by atoms with Gasteiger partial charge in [0.25, 0.3) is 5.91 Å². The quantitative estimate of drug-likeness (QED) is 0.922. The lowest BCUT2D eigenvalue weighted by Gasteiger charge is -2.24. The lowest BCUT2D eigenvalue weighted by molar-refractivity contribution is 0.0784. The number of carbonyl (C=O) groups excluding carboxylic acids is 2. The Morgan fingerprint density at radius 2 is 2.04 bits per heavy atom. The minimum absolute atomic E-state index is 0.0338. The van der Waals surface area contributed by atoms with E-state index in [2.05, 4.69) is 24.3 Å². The van der Waals surface area contributed by atoms with Crippen molar-refractivity contribution in [3.05, 3.63) is 36.2 Å². The van der Waals surface area contributed by atoms with Gasteiger partial charge in [0.15, 0.2) is 0 Å². The summed E-state index contributed by atoms with van der Waals surface area (Å²) >= 11 is 0. The second-order valence-corrected chi connectivity index (χ2v) is 7.16. The zero-order valence-corrected chi connectivity index (χ0v) is 15.1. The number of carbonyl (C=O) groups is 2. The molecule has 2 atom stereocenters. The summed E-state index contributed by atoms with van der Waals surface area (Å²) in [6.07, 6.45) is 3.45. The van der Waals surface area contributed by atoms with Gasteiger partial charge in [-0.2, -0.15) is 5.10 Å². The topological polar surface area (TPSA) is 70.0 Å². The summed E-state index contributed by atoms with van der Waals surface area (Å²) < 4.78 is 1.70. The predicted octanol–water partition coefficient (Wildman–Crippen LogP) is 1.70. The largest absolute Gasteiger partial charge is 0.336 e. The number of rotatable bonds is 3. The van der Waals surface area contributed by atoms with Crippen molar-refractivity contribution in [2.45, 2.75) is 19.9 Å². The molecule has 134 valence electrons. The number of hydrogen-bond acceptors (Lipinski definition) is 3. The Balaban J connectivity index is 1.80. The third-order valence-corrected chi connectivity index (χ3v) is 4.88. The van der Waals surface area contributed by atoms with Gasteiger partial charge in [-0.1, -0.05) is 19.9 Å². The highest BCUT2D eigenvalue weighted by Gasteiger charge is 2.38. The van der Waals surface area contributed by atoms with Crippen molar-refractivity contribution >= 4 is 17.5 Å². The van der Waals surface area contributed by atoms with Gasteiger partial charge in [0.05, 0.1) is 23.3 Å². The zero-order valence-electron chi connectivity index (χ0n) is 15.1. The van der Waals surface area contributed by atoms with Crippen LogP contribution in [0.15, 0.2) is 30.6 Å². The van der Waals surface area contributed by atoms with Gasteiger partial charge < -0.3 is 15.1 Å². The van der Waals surface area contributed by atoms with Gasteiger partial charge >= 0.3 is 6.03 Å². The molecule has 3 rings (SSSR count). The second kappa shape index (κ2) is 6.74. The van der Waals surface area contributed by atoms with E-state index in [0.717, 1.165) is 5.52 Å². The summed E-state index contributed by atoms with van der Waals surface area (Å²) in [5, 5.41) is 7.30. The Bertz CT molecular complexity index is 783. The summed E-state index contributed by atoms with van der Waals surface area (Å²) in [6.45, 7) is 5.41. The number of likely N-dealkylation sites (tertiary alicyclic amines) is 1. The number of aromatic nitrogens is 2. The minimum atomic E-state index is -0.124. The summed E-state index contributed by atoms with van der Waals surface area (Å²) in [5.41, 5.74) is 1.40. The smallest absolute Gasteiger partial charge is 0.317 e. The van der Waals surface area contributed by atoms with Crippen molar-refractivity contribution in [2.24, 2.45) is 11.8 Å². The predicted molar refractivity (Wildman–Crippen MR) is 95.4 cm³/mol. The lowest BCUT2D eigenvalue weighted by Crippen LogP contribution is -2.46. The molecule has 0 bridgehead atoms. The van der Waals surface area contributed by atoms with Crippen LogP contribution in [0.5, 0.6) is 0 Å². The van der Waals surface area contributed by atoms with E-state index in [9.17, 15) is 9.59 Å². The summed E-state index contributed by atoms with van der Waals surface area (Å²) in [7, 11) is 3.44. The highest BCUT2D eigenvalue weighted by molar-refractivity contribution is 6.00. The molecule has 0 radical (unpaired) electrons. The first-order valence-corrected chi connectivity index (χ1v) is 8.58. The maximum atomic E-state index is 13.0. The maximum absolute atomic E-state index is 13.0. The monoisotopic (exact) mass is 343 g/mol. The Morgan fingerprint density at radius 3 is 2.72 bits per heavy atom. The molecule has 7 nitrogen and oxygen atoms in total. The molecule has 0 spiro atoms. The third kappa shape index (κ3) is 3.31. The maximum Gasteiger partial charge on any atom is 0.317 e. The zero-order chi connectivity index (χ0) is 18.1. The minimum Gasteiger partial charge on any atom is -0.336 e. The number of fused-ring (bicyclic) bond motifs is 1. The molecule has 1 saturated heterocycles. The number of nitrogens with zero attached hydrogens (tertiary/aromatic N) is 4. The molecule has 1 aliphatic rings. The fourth-order valence-corrected chi connectivity index (χ4v) is 3.38. The number of urea groups is 1. The molecule has 0 saturated carbocycles. The summed E-state index contributed by atoms with van der Waals surface area (Å²) in [4.78, 5) is 28.4. The van der Waals surface area contributed by atoms with Crippen molar-refractivity contribution in [1.82, 2.24) is 24.7 Å². The molecule has 7 heteroatoms. The first kappa shape index (κ1) is 17.3. The highest BCUT2D eigenvalue weighted by atomic mass is 16.2. The molecule has 3 heterocycles. The van der Waals surface area contributed by atoms with Gasteiger partial charge in [0, 0.05) is 39.3 Å². The molecule has 0 aromatic carbocycles. The van der Waals surface area contributed by atoms with E-state index in [1.807, 2.05) is 29.3 Å². The number of nitrogens with one attached hydrogen (secondary N) is 1. The van der Waals surface area contributed by atoms with Crippen molar-refractivity contribution < 1.29 is 9.59 Å². The molecule has 0 aliphatic carbocycles. The Labute approximate surface area is 147 Å². The lowest BCUT2D eigenvalue weighted by atomic mass is 9.91. The van der Waals surface area contributed by atoms with Crippen LogP contribution in [0.4, 0.5) is 4.79 Å². The van der Waals surface area contributed by atoms with E-state index in [0.29, 0.717) is 24.6 Å². The van der Waals surface area contributed by atoms with Gasteiger partial charge in [-0.3, -0.25) is 4.79 Å². The molecule has 1 N–H and O–H groups in total. The average molecular weight is 343 g/mol. The number of amides is 3. The first-order chi connectivity index (χ1) is 11.9. The molecule has 2 aromatic heterocycles. The number of hydrogen-bond donors (Lipinski definition) is 1. The van der Waals surface area contributed by atoms with Gasteiger partial charge in [0.2, 0.25) is 0 Å². The van der Waals surface area contributed by atoms with Crippen LogP contribution in [-0.2, 0) is 0 Å². The van der Waals surface area contributed by atoms with E-state index < -0.39 is 0 Å². The molecule has 1 fully saturated rings. The van der Waals surface area contributed by atoms with Gasteiger partial charge in [0.1, 0.15) is 0 Å². The van der Waals surface area contributed by atoms with Crippen LogP contribution in [0.2, 0.25) is 0 Å². The van der Waals surface area contributed by atoms with E-state index in [4.69, 9.17) is 0 Å². The second-order valence-electron chi connectivity index (χ2n) is 7.16. The fraction of sp³-hybridized carbons (Fsp3) is 0.500. The highest BCUT2D eigenvalue weighted by Crippen LogP contribution is 2.26. The molecule has 1 aliphatic heterocycles. The van der Waals surface area contributed by atoms with Crippen molar-refractivity contribution in [3.63, 3.8) is 0 Å². The van der Waals surface area contributed by atoms with Gasteiger partial charge in [-0.15, -0.1) is 0 Å². The van der Waals surface area contributed by atoms with Crippen LogP contribution in [0, 0.1) is 11.8 Å². The molecule has 25 heavy (non-hydrogen) atoms. The normalized spacial score (nSPS) is 20.3. The van der Waals surface area contributed by atoms with E-state index in [1.165, 1.54) is 4.90 Å². The van der Waals surface area contributed by atoms with Crippen LogP contribution in [0.25, 0.3) is 5.52 Å². The van der Waals surface area contributed by atoms with Crippen LogP contribution < -0.4 is 5.32 Å². The van der Waals surface area contributed by atoms with Gasteiger partial charge in [-0.05, 0) is 18.1 Å². The van der Waals surface area contributed by atoms with Crippen molar-refractivity contribution in [2.75, 3.05) is 27.2 Å². The summed E-state index contributed by atoms with van der Waals surface area (Å²) in [6, 6.07) is 5.50. The summed E-state index contributed by atoms with van der Waals surface area (Å²) in [5.74, 6) is 0.567.